The van der Waals surface area contributed by atoms with Crippen LogP contribution < -0.4 is 10.0 Å². The van der Waals surface area contributed by atoms with Gasteiger partial charge in [-0.1, -0.05) is 12.8 Å². The van der Waals surface area contributed by atoms with E-state index in [9.17, 15) is 30.8 Å². The summed E-state index contributed by atoms with van der Waals surface area (Å²) in [6, 6.07) is 6.88. The lowest BCUT2D eigenvalue weighted by molar-refractivity contribution is -0.140. The van der Waals surface area contributed by atoms with Crippen LogP contribution in [0.15, 0.2) is 47.4 Å². The summed E-state index contributed by atoms with van der Waals surface area (Å²) in [6.45, 7) is 1.34. The lowest BCUT2D eigenvalue weighted by atomic mass is 10.2. The van der Waals surface area contributed by atoms with Crippen LogP contribution in [0.1, 0.15) is 31.2 Å². The zero-order valence-corrected chi connectivity index (χ0v) is 17.2. The van der Waals surface area contributed by atoms with E-state index >= 15 is 0 Å². The maximum Gasteiger partial charge on any atom is 0.419 e. The number of likely N-dealkylation sites (tertiary alicyclic amines) is 1. The molecule has 1 saturated heterocycles. The highest BCUT2D eigenvalue weighted by Gasteiger charge is 2.35. The lowest BCUT2D eigenvalue weighted by Crippen LogP contribution is -2.35. The van der Waals surface area contributed by atoms with Gasteiger partial charge in [-0.2, -0.15) is 13.2 Å². The molecule has 2 aromatic carbocycles. The first kappa shape index (κ1) is 22.9. The topological polar surface area (TPSA) is 78.5 Å². The van der Waals surface area contributed by atoms with Gasteiger partial charge in [0.1, 0.15) is 5.82 Å². The minimum Gasteiger partial charge on any atom is -0.325 e. The highest BCUT2D eigenvalue weighted by atomic mass is 32.2. The Morgan fingerprint density at radius 3 is 2.06 bits per heavy atom. The van der Waals surface area contributed by atoms with Gasteiger partial charge < -0.3 is 10.2 Å². The first-order valence-electron chi connectivity index (χ1n) is 9.62. The molecule has 0 saturated carbocycles. The summed E-state index contributed by atoms with van der Waals surface area (Å²) in [7, 11) is -4.38. The number of carbonyl (C=O) groups is 1. The largest absolute Gasteiger partial charge is 0.419 e. The number of sulfonamides is 1. The number of carbonyl (C=O) groups excluding carboxylic acids is 1. The van der Waals surface area contributed by atoms with Gasteiger partial charge in [-0.3, -0.25) is 4.72 Å². The molecule has 6 nitrogen and oxygen atoms in total. The SMILES string of the molecule is O=C(Nc1ccc(NS(=O)(=O)c2ccc(F)c(C(F)(F)F)c2)cc1)N1CCCCCC1. The predicted octanol–water partition coefficient (Wildman–Crippen LogP) is 5.05. The summed E-state index contributed by atoms with van der Waals surface area (Å²) in [5.41, 5.74) is -1.15. The van der Waals surface area contributed by atoms with Crippen LogP contribution >= 0.6 is 0 Å². The fourth-order valence-electron chi connectivity index (χ4n) is 3.20. The van der Waals surface area contributed by atoms with Crippen molar-refractivity contribution in [2.45, 2.75) is 36.8 Å². The number of urea groups is 1. The Bertz CT molecular complexity index is 1030. The van der Waals surface area contributed by atoms with Crippen molar-refractivity contribution in [2.75, 3.05) is 23.1 Å². The molecule has 0 bridgehead atoms. The van der Waals surface area contributed by atoms with Gasteiger partial charge >= 0.3 is 12.2 Å². The number of halogens is 4. The van der Waals surface area contributed by atoms with Gasteiger partial charge in [0, 0.05) is 24.5 Å². The van der Waals surface area contributed by atoms with Crippen LogP contribution in [0.3, 0.4) is 0 Å². The molecule has 1 heterocycles. The first-order chi connectivity index (χ1) is 14.6. The van der Waals surface area contributed by atoms with Crippen molar-refractivity contribution in [2.24, 2.45) is 0 Å². The van der Waals surface area contributed by atoms with Crippen molar-refractivity contribution in [3.8, 4) is 0 Å². The first-order valence-corrected chi connectivity index (χ1v) is 11.1. The second-order valence-electron chi connectivity index (χ2n) is 7.15. The minimum absolute atomic E-state index is 0.0747. The second kappa shape index (κ2) is 9.13. The number of nitrogens with zero attached hydrogens (tertiary/aromatic N) is 1. The van der Waals surface area contributed by atoms with E-state index in [0.29, 0.717) is 24.8 Å². The zero-order valence-electron chi connectivity index (χ0n) is 16.4. The zero-order chi connectivity index (χ0) is 22.6. The molecule has 1 fully saturated rings. The normalized spacial score (nSPS) is 15.3. The van der Waals surface area contributed by atoms with E-state index in [1.807, 2.05) is 0 Å². The molecule has 168 valence electrons. The molecule has 2 N–H and O–H groups in total. The summed E-state index contributed by atoms with van der Waals surface area (Å²) < 4.78 is 79.0. The van der Waals surface area contributed by atoms with Crippen molar-refractivity contribution in [3.05, 3.63) is 53.8 Å². The average molecular weight is 459 g/mol. The third-order valence-corrected chi connectivity index (χ3v) is 6.21. The Labute approximate surface area is 177 Å². The van der Waals surface area contributed by atoms with Gasteiger partial charge in [-0.25, -0.2) is 17.6 Å². The molecule has 2 amide bonds. The van der Waals surface area contributed by atoms with Crippen LogP contribution in [0.2, 0.25) is 0 Å². The van der Waals surface area contributed by atoms with Crippen LogP contribution in [-0.4, -0.2) is 32.4 Å². The standard InChI is InChI=1S/C20H21F4N3O3S/c21-18-10-9-16(13-17(18)20(22,23)24)31(29,30)26-15-7-5-14(6-8-15)25-19(28)27-11-3-1-2-4-12-27/h5-10,13,26H,1-4,11-12H2,(H,25,28). The van der Waals surface area contributed by atoms with Crippen molar-refractivity contribution in [1.82, 2.24) is 4.90 Å². The van der Waals surface area contributed by atoms with E-state index in [0.717, 1.165) is 31.7 Å². The summed E-state index contributed by atoms with van der Waals surface area (Å²) in [4.78, 5) is 13.3. The van der Waals surface area contributed by atoms with E-state index < -0.39 is 32.5 Å². The molecule has 0 radical (unpaired) electrons. The van der Waals surface area contributed by atoms with Crippen molar-refractivity contribution < 1.29 is 30.8 Å². The van der Waals surface area contributed by atoms with Gasteiger partial charge in [-0.15, -0.1) is 0 Å². The minimum atomic E-state index is -5.02. The van der Waals surface area contributed by atoms with Gasteiger partial charge in [0.15, 0.2) is 0 Å². The number of hydrogen-bond donors (Lipinski definition) is 2. The van der Waals surface area contributed by atoms with Crippen molar-refractivity contribution >= 4 is 27.4 Å². The Balaban J connectivity index is 1.69. The average Bonchev–Trinajstić information content (AvgIpc) is 2.98. The van der Waals surface area contributed by atoms with Gasteiger partial charge in [-0.05, 0) is 55.3 Å². The van der Waals surface area contributed by atoms with Crippen LogP contribution in [0.4, 0.5) is 33.7 Å². The van der Waals surface area contributed by atoms with E-state index in [4.69, 9.17) is 0 Å². The molecular formula is C20H21F4N3O3S. The summed E-state index contributed by atoms with van der Waals surface area (Å²) >= 11 is 0. The quantitative estimate of drug-likeness (QED) is 0.628. The molecule has 31 heavy (non-hydrogen) atoms. The molecule has 1 aliphatic heterocycles. The summed E-state index contributed by atoms with van der Waals surface area (Å²) in [6.07, 6.45) is -0.988. The molecule has 0 aromatic heterocycles. The van der Waals surface area contributed by atoms with Crippen molar-refractivity contribution in [3.63, 3.8) is 0 Å². The number of amides is 2. The monoisotopic (exact) mass is 459 g/mol. The molecular weight excluding hydrogens is 438 g/mol. The number of alkyl halides is 3. The number of anilines is 2. The lowest BCUT2D eigenvalue weighted by Gasteiger charge is -2.20. The van der Waals surface area contributed by atoms with Crippen LogP contribution in [0.5, 0.6) is 0 Å². The highest BCUT2D eigenvalue weighted by molar-refractivity contribution is 7.92. The fourth-order valence-corrected chi connectivity index (χ4v) is 4.29. The van der Waals surface area contributed by atoms with Gasteiger partial charge in [0.25, 0.3) is 10.0 Å². The molecule has 0 aliphatic carbocycles. The molecule has 3 rings (SSSR count). The Kier molecular flexibility index (Phi) is 6.73. The molecule has 11 heteroatoms. The molecule has 0 spiro atoms. The second-order valence-corrected chi connectivity index (χ2v) is 8.84. The van der Waals surface area contributed by atoms with Crippen LogP contribution in [0.25, 0.3) is 0 Å². The van der Waals surface area contributed by atoms with Crippen LogP contribution in [0, 0.1) is 5.82 Å². The Hall–Kier alpha value is -2.82. The number of hydrogen-bond acceptors (Lipinski definition) is 3. The van der Waals surface area contributed by atoms with E-state index in [1.165, 1.54) is 24.3 Å². The maximum absolute atomic E-state index is 13.4. The highest BCUT2D eigenvalue weighted by Crippen LogP contribution is 2.33. The number of benzene rings is 2. The summed E-state index contributed by atoms with van der Waals surface area (Å²) in [5.74, 6) is -1.56. The van der Waals surface area contributed by atoms with Crippen LogP contribution in [-0.2, 0) is 16.2 Å². The molecule has 0 atom stereocenters. The molecule has 0 unspecified atom stereocenters. The number of nitrogens with one attached hydrogen (secondary N) is 2. The van der Waals surface area contributed by atoms with Crippen molar-refractivity contribution in [1.29, 1.82) is 0 Å². The molecule has 2 aromatic rings. The van der Waals surface area contributed by atoms with Gasteiger partial charge in [0.2, 0.25) is 0 Å². The molecule has 1 aliphatic rings. The van der Waals surface area contributed by atoms with E-state index in [1.54, 1.807) is 4.90 Å². The third kappa shape index (κ3) is 5.87. The Morgan fingerprint density at radius 1 is 0.903 bits per heavy atom. The maximum atomic E-state index is 13.4. The Morgan fingerprint density at radius 2 is 1.48 bits per heavy atom. The van der Waals surface area contributed by atoms with E-state index in [2.05, 4.69) is 10.0 Å². The third-order valence-electron chi connectivity index (χ3n) is 4.84. The summed E-state index contributed by atoms with van der Waals surface area (Å²) in [5, 5.41) is 2.73. The predicted molar refractivity (Wildman–Crippen MR) is 108 cm³/mol. The fraction of sp³-hybridized carbons (Fsp3) is 0.350. The van der Waals surface area contributed by atoms with Gasteiger partial charge in [0.05, 0.1) is 10.5 Å². The smallest absolute Gasteiger partial charge is 0.325 e. The van der Waals surface area contributed by atoms with E-state index in [-0.39, 0.29) is 17.8 Å². The number of rotatable bonds is 4.